The Morgan fingerprint density at radius 2 is 1.68 bits per heavy atom. The molecular formula is C21H26O7. The van der Waals surface area contributed by atoms with E-state index in [0.29, 0.717) is 49.8 Å². The number of esters is 2. The predicted molar refractivity (Wildman–Crippen MR) is 103 cm³/mol. The third kappa shape index (κ3) is 9.56. The van der Waals surface area contributed by atoms with Gasteiger partial charge in [-0.05, 0) is 50.1 Å². The second kappa shape index (κ2) is 13.1. The summed E-state index contributed by atoms with van der Waals surface area (Å²) in [5.41, 5.74) is 0. The zero-order valence-electron chi connectivity index (χ0n) is 16.2. The highest BCUT2D eigenvalue weighted by Gasteiger charge is 2.12. The lowest BCUT2D eigenvalue weighted by atomic mass is 10.1. The van der Waals surface area contributed by atoms with Gasteiger partial charge in [0.25, 0.3) is 6.47 Å². The van der Waals surface area contributed by atoms with Crippen molar-refractivity contribution in [3.63, 3.8) is 0 Å². The van der Waals surface area contributed by atoms with Crippen LogP contribution in [0.1, 0.15) is 33.1 Å². The SMILES string of the molecule is C=C(/C=C\C(C)C(=O)Oc1ccc(OC=O)cc1)OCCCCOC(=O)CC. The lowest BCUT2D eigenvalue weighted by Crippen LogP contribution is -2.16. The van der Waals surface area contributed by atoms with Gasteiger partial charge in [-0.15, -0.1) is 0 Å². The molecule has 0 aliphatic carbocycles. The third-order valence-corrected chi connectivity index (χ3v) is 3.55. The van der Waals surface area contributed by atoms with E-state index in [1.165, 1.54) is 24.3 Å². The van der Waals surface area contributed by atoms with Crippen molar-refractivity contribution >= 4 is 18.4 Å². The Labute approximate surface area is 164 Å². The van der Waals surface area contributed by atoms with Gasteiger partial charge in [0.05, 0.1) is 19.1 Å². The molecule has 28 heavy (non-hydrogen) atoms. The van der Waals surface area contributed by atoms with Gasteiger partial charge < -0.3 is 18.9 Å². The van der Waals surface area contributed by atoms with E-state index in [0.717, 1.165) is 6.42 Å². The Morgan fingerprint density at radius 3 is 2.29 bits per heavy atom. The number of carbonyl (C=O) groups is 3. The van der Waals surface area contributed by atoms with Crippen LogP contribution in [-0.4, -0.2) is 31.6 Å². The van der Waals surface area contributed by atoms with Gasteiger partial charge in [0.2, 0.25) is 0 Å². The lowest BCUT2D eigenvalue weighted by molar-refractivity contribution is -0.143. The molecule has 0 aliphatic heterocycles. The van der Waals surface area contributed by atoms with Crippen molar-refractivity contribution in [1.82, 2.24) is 0 Å². The zero-order chi connectivity index (χ0) is 20.8. The number of ether oxygens (including phenoxy) is 4. The first-order chi connectivity index (χ1) is 13.5. The molecular weight excluding hydrogens is 364 g/mol. The summed E-state index contributed by atoms with van der Waals surface area (Å²) >= 11 is 0. The Kier molecular flexibility index (Phi) is 10.8. The molecule has 7 heteroatoms. The quantitative estimate of drug-likeness (QED) is 0.127. The number of unbranched alkanes of at least 4 members (excludes halogenated alkanes) is 1. The Hall–Kier alpha value is -3.09. The van der Waals surface area contributed by atoms with Crippen LogP contribution in [0.2, 0.25) is 0 Å². The van der Waals surface area contributed by atoms with Crippen molar-refractivity contribution in [3.8, 4) is 11.5 Å². The number of allylic oxidation sites excluding steroid dienone is 1. The molecule has 0 N–H and O–H groups in total. The van der Waals surface area contributed by atoms with Crippen LogP contribution < -0.4 is 9.47 Å². The van der Waals surface area contributed by atoms with Crippen LogP contribution in [0.3, 0.4) is 0 Å². The lowest BCUT2D eigenvalue weighted by Gasteiger charge is -2.09. The number of rotatable bonds is 13. The first kappa shape index (κ1) is 23.0. The van der Waals surface area contributed by atoms with E-state index in [4.69, 9.17) is 14.2 Å². The van der Waals surface area contributed by atoms with Crippen molar-refractivity contribution in [2.24, 2.45) is 5.92 Å². The van der Waals surface area contributed by atoms with Crippen molar-refractivity contribution in [2.45, 2.75) is 33.1 Å². The van der Waals surface area contributed by atoms with Crippen LogP contribution in [0.4, 0.5) is 0 Å². The van der Waals surface area contributed by atoms with Gasteiger partial charge in [0.1, 0.15) is 17.3 Å². The fraction of sp³-hybridized carbons (Fsp3) is 0.381. The van der Waals surface area contributed by atoms with Gasteiger partial charge in [-0.3, -0.25) is 14.4 Å². The van der Waals surface area contributed by atoms with E-state index in [1.807, 2.05) is 0 Å². The maximum atomic E-state index is 12.1. The summed E-state index contributed by atoms with van der Waals surface area (Å²) in [5.74, 6) is -0.00689. The van der Waals surface area contributed by atoms with Crippen LogP contribution in [-0.2, 0) is 23.9 Å². The molecule has 0 radical (unpaired) electrons. The molecule has 0 amide bonds. The molecule has 1 aromatic rings. The standard InChI is InChI=1S/C21H26O7/c1-4-20(23)26-14-6-5-13-25-17(3)8-7-16(2)21(24)28-19-11-9-18(10-12-19)27-15-22/h7-12,15-16H,3-6,13-14H2,1-2H3/b8-7-. The maximum absolute atomic E-state index is 12.1. The smallest absolute Gasteiger partial charge is 0.317 e. The number of carbonyl (C=O) groups excluding carboxylic acids is 3. The summed E-state index contributed by atoms with van der Waals surface area (Å²) in [6.07, 6.45) is 5.06. The van der Waals surface area contributed by atoms with Gasteiger partial charge in [-0.1, -0.05) is 19.6 Å². The largest absolute Gasteiger partial charge is 0.494 e. The highest BCUT2D eigenvalue weighted by molar-refractivity contribution is 5.76. The molecule has 0 bridgehead atoms. The summed E-state index contributed by atoms with van der Waals surface area (Å²) in [7, 11) is 0. The summed E-state index contributed by atoms with van der Waals surface area (Å²) in [6.45, 7) is 8.36. The fourth-order valence-electron chi connectivity index (χ4n) is 1.92. The fourth-order valence-corrected chi connectivity index (χ4v) is 1.92. The van der Waals surface area contributed by atoms with E-state index in [2.05, 4.69) is 11.3 Å². The van der Waals surface area contributed by atoms with Crippen molar-refractivity contribution in [3.05, 3.63) is 48.8 Å². The molecule has 0 saturated heterocycles. The Bertz CT molecular complexity index is 676. The Morgan fingerprint density at radius 1 is 1.07 bits per heavy atom. The molecule has 0 aromatic heterocycles. The molecule has 0 spiro atoms. The highest BCUT2D eigenvalue weighted by Crippen LogP contribution is 2.18. The molecule has 1 unspecified atom stereocenters. The molecule has 0 aliphatic rings. The van der Waals surface area contributed by atoms with Crippen LogP contribution in [0.5, 0.6) is 11.5 Å². The predicted octanol–water partition coefficient (Wildman–Crippen LogP) is 3.58. The average Bonchev–Trinajstić information content (AvgIpc) is 2.70. The van der Waals surface area contributed by atoms with Crippen molar-refractivity contribution in [2.75, 3.05) is 13.2 Å². The molecule has 1 rings (SSSR count). The van der Waals surface area contributed by atoms with Gasteiger partial charge in [-0.25, -0.2) is 0 Å². The minimum absolute atomic E-state index is 0.209. The van der Waals surface area contributed by atoms with Crippen LogP contribution in [0.15, 0.2) is 48.8 Å². The number of hydrogen-bond donors (Lipinski definition) is 0. The second-order valence-corrected chi connectivity index (χ2v) is 5.85. The van der Waals surface area contributed by atoms with Crippen LogP contribution in [0, 0.1) is 5.92 Å². The average molecular weight is 390 g/mol. The van der Waals surface area contributed by atoms with Gasteiger partial charge in [0, 0.05) is 6.42 Å². The van der Waals surface area contributed by atoms with Gasteiger partial charge in [0.15, 0.2) is 0 Å². The summed E-state index contributed by atoms with van der Waals surface area (Å²) in [5, 5.41) is 0. The maximum Gasteiger partial charge on any atom is 0.317 e. The minimum atomic E-state index is -0.500. The first-order valence-electron chi connectivity index (χ1n) is 9.03. The van der Waals surface area contributed by atoms with Crippen LogP contribution in [0.25, 0.3) is 0 Å². The van der Waals surface area contributed by atoms with E-state index in [-0.39, 0.29) is 5.97 Å². The third-order valence-electron chi connectivity index (χ3n) is 3.55. The molecule has 0 saturated carbocycles. The number of hydrogen-bond acceptors (Lipinski definition) is 7. The number of benzene rings is 1. The first-order valence-corrected chi connectivity index (χ1v) is 9.03. The summed E-state index contributed by atoms with van der Waals surface area (Å²) in [6, 6.07) is 6.12. The van der Waals surface area contributed by atoms with Crippen molar-refractivity contribution in [1.29, 1.82) is 0 Å². The highest BCUT2D eigenvalue weighted by atomic mass is 16.5. The topological polar surface area (TPSA) is 88.1 Å². The summed E-state index contributed by atoms with van der Waals surface area (Å²) < 4.78 is 20.3. The second-order valence-electron chi connectivity index (χ2n) is 5.85. The Balaban J connectivity index is 2.28. The van der Waals surface area contributed by atoms with E-state index >= 15 is 0 Å². The molecule has 152 valence electrons. The molecule has 1 atom stereocenters. The van der Waals surface area contributed by atoms with Gasteiger partial charge in [-0.2, -0.15) is 0 Å². The monoisotopic (exact) mass is 390 g/mol. The van der Waals surface area contributed by atoms with Crippen LogP contribution >= 0.6 is 0 Å². The molecule has 1 aromatic carbocycles. The zero-order valence-corrected chi connectivity index (χ0v) is 16.2. The van der Waals surface area contributed by atoms with E-state index in [1.54, 1.807) is 26.0 Å². The molecule has 7 nitrogen and oxygen atoms in total. The normalized spacial score (nSPS) is 11.5. The minimum Gasteiger partial charge on any atom is -0.494 e. The molecule has 0 fully saturated rings. The summed E-state index contributed by atoms with van der Waals surface area (Å²) in [4.78, 5) is 33.3. The molecule has 0 heterocycles. The van der Waals surface area contributed by atoms with E-state index < -0.39 is 11.9 Å². The van der Waals surface area contributed by atoms with E-state index in [9.17, 15) is 14.4 Å². The van der Waals surface area contributed by atoms with Gasteiger partial charge >= 0.3 is 11.9 Å². The van der Waals surface area contributed by atoms with Crippen molar-refractivity contribution < 1.29 is 33.3 Å².